The third-order valence-corrected chi connectivity index (χ3v) is 2.90. The Kier molecular flexibility index (Phi) is 5.84. The van der Waals surface area contributed by atoms with Gasteiger partial charge in [-0.3, -0.25) is 4.79 Å². The Balaban J connectivity index is 0.00000289. The molecule has 3 N–H and O–H groups in total. The number of nitrogens with two attached hydrogens (primary N) is 1. The minimum absolute atomic E-state index is 0. The summed E-state index contributed by atoms with van der Waals surface area (Å²) in [4.78, 5) is 11.8. The van der Waals surface area contributed by atoms with E-state index in [2.05, 4.69) is 20.8 Å². The molecule has 4 heteroatoms. The van der Waals surface area contributed by atoms with E-state index in [0.717, 1.165) is 5.56 Å². The highest BCUT2D eigenvalue weighted by Crippen LogP contribution is 2.31. The highest BCUT2D eigenvalue weighted by atomic mass is 35.5. The number of phenols is 1. The van der Waals surface area contributed by atoms with E-state index in [1.54, 1.807) is 13.0 Å². The van der Waals surface area contributed by atoms with Crippen molar-refractivity contribution in [2.75, 3.05) is 0 Å². The number of benzene rings is 1. The molecule has 0 spiro atoms. The molecule has 0 heterocycles. The van der Waals surface area contributed by atoms with E-state index >= 15 is 0 Å². The first-order valence-electron chi connectivity index (χ1n) is 5.90. The van der Waals surface area contributed by atoms with Crippen molar-refractivity contribution >= 4 is 18.2 Å². The van der Waals surface area contributed by atoms with Crippen LogP contribution in [0.1, 0.15) is 55.6 Å². The molecule has 102 valence electrons. The molecule has 0 aliphatic rings. The highest BCUT2D eigenvalue weighted by molar-refractivity contribution is 5.99. The molecule has 18 heavy (non-hydrogen) atoms. The number of Topliss-reactive ketones (excluding diaryl/α,β-unsaturated/α-hetero) is 1. The van der Waals surface area contributed by atoms with Crippen LogP contribution in [0.5, 0.6) is 5.75 Å². The van der Waals surface area contributed by atoms with Gasteiger partial charge in [0.25, 0.3) is 0 Å². The second kappa shape index (κ2) is 6.21. The maximum Gasteiger partial charge on any atom is 0.166 e. The van der Waals surface area contributed by atoms with Crippen molar-refractivity contribution in [2.45, 2.75) is 46.1 Å². The molecule has 0 aromatic heterocycles. The van der Waals surface area contributed by atoms with Crippen molar-refractivity contribution in [3.05, 3.63) is 28.8 Å². The number of halogens is 1. The number of carbonyl (C=O) groups is 1. The monoisotopic (exact) mass is 271 g/mol. The van der Waals surface area contributed by atoms with Crippen molar-refractivity contribution < 1.29 is 9.90 Å². The highest BCUT2D eigenvalue weighted by Gasteiger charge is 2.20. The Labute approximate surface area is 115 Å². The number of carbonyl (C=O) groups excluding carboxylic acids is 1. The molecule has 1 rings (SSSR count). The molecule has 0 amide bonds. The third-order valence-electron chi connectivity index (χ3n) is 2.90. The van der Waals surface area contributed by atoms with Gasteiger partial charge in [0.1, 0.15) is 5.75 Å². The number of hydrogen-bond acceptors (Lipinski definition) is 3. The molecular weight excluding hydrogens is 250 g/mol. The van der Waals surface area contributed by atoms with Gasteiger partial charge in [-0.15, -0.1) is 12.4 Å². The molecule has 0 bridgehead atoms. The molecule has 0 saturated heterocycles. The summed E-state index contributed by atoms with van der Waals surface area (Å²) in [7, 11) is 0. The van der Waals surface area contributed by atoms with Gasteiger partial charge in [0.05, 0.1) is 5.56 Å². The number of phenolic OH excluding ortho intramolecular Hbond substituents is 1. The van der Waals surface area contributed by atoms with Gasteiger partial charge in [0.2, 0.25) is 0 Å². The largest absolute Gasteiger partial charge is 0.507 e. The van der Waals surface area contributed by atoms with Gasteiger partial charge < -0.3 is 10.8 Å². The molecule has 1 aromatic rings. The Morgan fingerprint density at radius 3 is 2.28 bits per heavy atom. The summed E-state index contributed by atoms with van der Waals surface area (Å²) in [6.07, 6.45) is 0.380. The van der Waals surface area contributed by atoms with E-state index in [1.807, 2.05) is 6.07 Å². The number of hydrogen-bond donors (Lipinski definition) is 2. The Morgan fingerprint density at radius 1 is 1.33 bits per heavy atom. The third kappa shape index (κ3) is 3.47. The van der Waals surface area contributed by atoms with Gasteiger partial charge in [-0.1, -0.05) is 33.8 Å². The fraction of sp³-hybridized carbons (Fsp3) is 0.500. The molecule has 0 saturated carbocycles. The van der Waals surface area contributed by atoms with Gasteiger partial charge in [0.15, 0.2) is 5.78 Å². The Bertz CT molecular complexity index is 436. The summed E-state index contributed by atoms with van der Waals surface area (Å²) in [5.41, 5.74) is 7.58. The lowest BCUT2D eigenvalue weighted by atomic mass is 9.84. The van der Waals surface area contributed by atoms with Crippen LogP contribution in [0.25, 0.3) is 0 Å². The second-order valence-corrected chi connectivity index (χ2v) is 5.26. The van der Waals surface area contributed by atoms with E-state index in [9.17, 15) is 9.90 Å². The van der Waals surface area contributed by atoms with Crippen LogP contribution in [0.3, 0.4) is 0 Å². The molecule has 0 unspecified atom stereocenters. The molecule has 0 atom stereocenters. The van der Waals surface area contributed by atoms with Crippen molar-refractivity contribution in [2.24, 2.45) is 5.73 Å². The quantitative estimate of drug-likeness (QED) is 0.830. The van der Waals surface area contributed by atoms with Crippen molar-refractivity contribution in [1.29, 1.82) is 0 Å². The summed E-state index contributed by atoms with van der Waals surface area (Å²) in [6.45, 7) is 8.23. The van der Waals surface area contributed by atoms with Crippen LogP contribution in [0, 0.1) is 0 Å². The van der Waals surface area contributed by atoms with Crippen LogP contribution in [0.2, 0.25) is 0 Å². The van der Waals surface area contributed by atoms with E-state index in [1.165, 1.54) is 0 Å². The van der Waals surface area contributed by atoms with Crippen LogP contribution in [-0.2, 0) is 12.0 Å². The maximum atomic E-state index is 11.8. The summed E-state index contributed by atoms with van der Waals surface area (Å²) in [5.74, 6) is -0.0179. The molecule has 0 aliphatic heterocycles. The molecule has 1 aromatic carbocycles. The topological polar surface area (TPSA) is 63.3 Å². The van der Waals surface area contributed by atoms with E-state index < -0.39 is 0 Å². The molecule has 0 radical (unpaired) electrons. The zero-order chi connectivity index (χ0) is 13.2. The van der Waals surface area contributed by atoms with Gasteiger partial charge >= 0.3 is 0 Å². The zero-order valence-electron chi connectivity index (χ0n) is 11.4. The fourth-order valence-electron chi connectivity index (χ4n) is 1.69. The van der Waals surface area contributed by atoms with Crippen molar-refractivity contribution in [3.8, 4) is 5.75 Å². The molecule has 3 nitrogen and oxygen atoms in total. The van der Waals surface area contributed by atoms with Crippen LogP contribution >= 0.6 is 12.4 Å². The number of ketones is 1. The predicted octanol–water partition coefficient (Wildman–Crippen LogP) is 3.16. The van der Waals surface area contributed by atoms with E-state index in [0.29, 0.717) is 17.5 Å². The lowest BCUT2D eigenvalue weighted by Crippen LogP contribution is -2.14. The SMILES string of the molecule is CCC(=O)c1cc(C(C)(C)C)cc(CN)c1O.Cl. The molecule has 0 aliphatic carbocycles. The van der Waals surface area contributed by atoms with Gasteiger partial charge in [-0.25, -0.2) is 0 Å². The summed E-state index contributed by atoms with van der Waals surface area (Å²) in [6, 6.07) is 3.65. The molecular formula is C14H22ClNO2. The summed E-state index contributed by atoms with van der Waals surface area (Å²) in [5, 5.41) is 9.98. The minimum Gasteiger partial charge on any atom is -0.507 e. The van der Waals surface area contributed by atoms with E-state index in [4.69, 9.17) is 5.73 Å². The predicted molar refractivity (Wildman–Crippen MR) is 76.6 cm³/mol. The zero-order valence-corrected chi connectivity index (χ0v) is 12.2. The smallest absolute Gasteiger partial charge is 0.166 e. The fourth-order valence-corrected chi connectivity index (χ4v) is 1.69. The summed E-state index contributed by atoms with van der Waals surface area (Å²) >= 11 is 0. The van der Waals surface area contributed by atoms with Gasteiger partial charge in [0, 0.05) is 18.5 Å². The first kappa shape index (κ1) is 16.9. The average molecular weight is 272 g/mol. The Morgan fingerprint density at radius 2 is 1.89 bits per heavy atom. The average Bonchev–Trinajstić information content (AvgIpc) is 2.26. The van der Waals surface area contributed by atoms with E-state index in [-0.39, 0.29) is 35.9 Å². The minimum atomic E-state index is -0.0691. The van der Waals surface area contributed by atoms with Crippen LogP contribution in [0.15, 0.2) is 12.1 Å². The lowest BCUT2D eigenvalue weighted by molar-refractivity contribution is 0.0985. The number of aromatic hydroxyl groups is 1. The van der Waals surface area contributed by atoms with Crippen molar-refractivity contribution in [1.82, 2.24) is 0 Å². The second-order valence-electron chi connectivity index (χ2n) is 5.26. The first-order chi connectivity index (χ1) is 7.81. The Hall–Kier alpha value is -1.06. The summed E-state index contributed by atoms with van der Waals surface area (Å²) < 4.78 is 0. The van der Waals surface area contributed by atoms with Gasteiger partial charge in [-0.2, -0.15) is 0 Å². The normalized spacial score (nSPS) is 10.9. The lowest BCUT2D eigenvalue weighted by Gasteiger charge is -2.21. The maximum absolute atomic E-state index is 11.8. The van der Waals surface area contributed by atoms with Crippen LogP contribution < -0.4 is 5.73 Å². The molecule has 0 fully saturated rings. The number of rotatable bonds is 3. The van der Waals surface area contributed by atoms with Gasteiger partial charge in [-0.05, 0) is 17.0 Å². The standard InChI is InChI=1S/C14H21NO2.ClH/c1-5-12(16)11-7-10(14(2,3)4)6-9(8-15)13(11)17;/h6-7,17H,5,8,15H2,1-4H3;1H. The first-order valence-corrected chi connectivity index (χ1v) is 5.90. The van der Waals surface area contributed by atoms with Crippen molar-refractivity contribution in [3.63, 3.8) is 0 Å². The van der Waals surface area contributed by atoms with Crippen LogP contribution in [-0.4, -0.2) is 10.9 Å². The van der Waals surface area contributed by atoms with Crippen LogP contribution in [0.4, 0.5) is 0 Å².